The van der Waals surface area contributed by atoms with Gasteiger partial charge in [-0.3, -0.25) is 4.79 Å². The van der Waals surface area contributed by atoms with Gasteiger partial charge in [0, 0.05) is 31.4 Å². The Labute approximate surface area is 93.9 Å². The van der Waals surface area contributed by atoms with E-state index in [9.17, 15) is 4.79 Å². The number of nitrogens with zero attached hydrogens (tertiary/aromatic N) is 3. The molecule has 1 unspecified atom stereocenters. The van der Waals surface area contributed by atoms with Gasteiger partial charge in [0.15, 0.2) is 0 Å². The van der Waals surface area contributed by atoms with Gasteiger partial charge in [-0.05, 0) is 6.92 Å². The Hall–Kier alpha value is -1.69. The number of hydrogen-bond acceptors (Lipinski definition) is 5. The first kappa shape index (κ1) is 10.8. The molecule has 1 aliphatic rings. The van der Waals surface area contributed by atoms with Crippen molar-refractivity contribution in [3.8, 4) is 0 Å². The Balaban J connectivity index is 2.26. The monoisotopic (exact) mass is 221 g/mol. The summed E-state index contributed by atoms with van der Waals surface area (Å²) in [4.78, 5) is 21.5. The van der Waals surface area contributed by atoms with E-state index in [1.165, 1.54) is 6.33 Å². The van der Waals surface area contributed by atoms with Crippen LogP contribution in [0.4, 0.5) is 5.82 Å². The molecule has 16 heavy (non-hydrogen) atoms. The minimum absolute atomic E-state index is 0.330. The number of aryl methyl sites for hydroxylation is 1. The molecule has 1 amide bonds. The first-order valence-electron chi connectivity index (χ1n) is 5.24. The van der Waals surface area contributed by atoms with Crippen molar-refractivity contribution >= 4 is 11.7 Å². The highest BCUT2D eigenvalue weighted by molar-refractivity contribution is 5.83. The second kappa shape index (κ2) is 4.44. The summed E-state index contributed by atoms with van der Waals surface area (Å²) in [6.45, 7) is 4.02. The van der Waals surface area contributed by atoms with Crippen LogP contribution in [0.2, 0.25) is 0 Å². The molecule has 86 valence electrons. The largest absolute Gasteiger partial charge is 0.368 e. The lowest BCUT2D eigenvalue weighted by atomic mass is 10.2. The minimum Gasteiger partial charge on any atom is -0.368 e. The molecule has 1 aliphatic heterocycles. The number of carbonyl (C=O) groups is 1. The summed E-state index contributed by atoms with van der Waals surface area (Å²) in [6, 6.07) is 1.53. The van der Waals surface area contributed by atoms with Gasteiger partial charge in [-0.2, -0.15) is 0 Å². The molecular formula is C10H15N5O. The summed E-state index contributed by atoms with van der Waals surface area (Å²) in [6.07, 6.45) is 1.50. The number of piperazine rings is 1. The Morgan fingerprint density at radius 1 is 1.62 bits per heavy atom. The third-order valence-corrected chi connectivity index (χ3v) is 2.66. The van der Waals surface area contributed by atoms with Crippen LogP contribution >= 0.6 is 0 Å². The van der Waals surface area contributed by atoms with Gasteiger partial charge in [-0.15, -0.1) is 0 Å². The van der Waals surface area contributed by atoms with Crippen molar-refractivity contribution in [2.75, 3.05) is 24.5 Å². The zero-order chi connectivity index (χ0) is 11.5. The molecule has 1 aromatic heterocycles. The number of nitrogens with two attached hydrogens (primary N) is 1. The SMILES string of the molecule is Cc1cc(N2CCNCC2C(N)=O)ncn1. The molecule has 0 aliphatic carbocycles. The molecule has 0 saturated carbocycles. The fourth-order valence-electron chi connectivity index (χ4n) is 1.83. The second-order valence-electron chi connectivity index (χ2n) is 3.83. The lowest BCUT2D eigenvalue weighted by molar-refractivity contribution is -0.119. The predicted molar refractivity (Wildman–Crippen MR) is 60.0 cm³/mol. The highest BCUT2D eigenvalue weighted by atomic mass is 16.1. The summed E-state index contributed by atoms with van der Waals surface area (Å²) in [7, 11) is 0. The van der Waals surface area contributed by atoms with Gasteiger partial charge in [0.1, 0.15) is 18.2 Å². The lowest BCUT2D eigenvalue weighted by Crippen LogP contribution is -2.57. The van der Waals surface area contributed by atoms with Gasteiger partial charge in [0.2, 0.25) is 5.91 Å². The number of primary amides is 1. The number of nitrogens with one attached hydrogen (secondary N) is 1. The zero-order valence-corrected chi connectivity index (χ0v) is 9.18. The number of hydrogen-bond donors (Lipinski definition) is 2. The molecular weight excluding hydrogens is 206 g/mol. The van der Waals surface area contributed by atoms with E-state index in [0.717, 1.165) is 24.6 Å². The van der Waals surface area contributed by atoms with Crippen molar-refractivity contribution in [2.45, 2.75) is 13.0 Å². The summed E-state index contributed by atoms with van der Waals surface area (Å²) < 4.78 is 0. The van der Waals surface area contributed by atoms with Gasteiger partial charge < -0.3 is 16.0 Å². The highest BCUT2D eigenvalue weighted by Gasteiger charge is 2.27. The molecule has 0 radical (unpaired) electrons. The van der Waals surface area contributed by atoms with Crippen LogP contribution < -0.4 is 16.0 Å². The Kier molecular flexibility index (Phi) is 3.00. The molecule has 6 nitrogen and oxygen atoms in total. The average molecular weight is 221 g/mol. The number of anilines is 1. The Bertz CT molecular complexity index is 395. The molecule has 1 aromatic rings. The van der Waals surface area contributed by atoms with Crippen LogP contribution in [0.5, 0.6) is 0 Å². The first-order chi connectivity index (χ1) is 7.68. The molecule has 0 spiro atoms. The molecule has 1 fully saturated rings. The molecule has 3 N–H and O–H groups in total. The maximum atomic E-state index is 11.3. The number of rotatable bonds is 2. The third kappa shape index (κ3) is 2.11. The zero-order valence-electron chi connectivity index (χ0n) is 9.18. The smallest absolute Gasteiger partial charge is 0.241 e. The maximum absolute atomic E-state index is 11.3. The van der Waals surface area contributed by atoms with Crippen molar-refractivity contribution in [1.82, 2.24) is 15.3 Å². The van der Waals surface area contributed by atoms with Crippen LogP contribution in [0.15, 0.2) is 12.4 Å². The molecule has 2 rings (SSSR count). The van der Waals surface area contributed by atoms with Crippen LogP contribution in [0, 0.1) is 6.92 Å². The third-order valence-electron chi connectivity index (χ3n) is 2.66. The van der Waals surface area contributed by atoms with Crippen molar-refractivity contribution < 1.29 is 4.79 Å². The Morgan fingerprint density at radius 3 is 3.12 bits per heavy atom. The molecule has 6 heteroatoms. The van der Waals surface area contributed by atoms with E-state index >= 15 is 0 Å². The quantitative estimate of drug-likeness (QED) is 0.672. The number of aromatic nitrogens is 2. The van der Waals surface area contributed by atoms with Gasteiger partial charge in [0.05, 0.1) is 0 Å². The van der Waals surface area contributed by atoms with Gasteiger partial charge in [-0.25, -0.2) is 9.97 Å². The molecule has 0 aromatic carbocycles. The topological polar surface area (TPSA) is 84.1 Å². The lowest BCUT2D eigenvalue weighted by Gasteiger charge is -2.35. The van der Waals surface area contributed by atoms with Gasteiger partial charge in [-0.1, -0.05) is 0 Å². The summed E-state index contributed by atoms with van der Waals surface area (Å²) in [5.74, 6) is 0.432. The van der Waals surface area contributed by atoms with Crippen LogP contribution in [-0.4, -0.2) is 41.6 Å². The standard InChI is InChI=1S/C10H15N5O/c1-7-4-9(14-6-13-7)15-3-2-12-5-8(15)10(11)16/h4,6,8,12H,2-3,5H2,1H3,(H2,11,16). The van der Waals surface area contributed by atoms with Crippen LogP contribution in [0.1, 0.15) is 5.69 Å². The number of carbonyl (C=O) groups excluding carboxylic acids is 1. The molecule has 1 saturated heterocycles. The van der Waals surface area contributed by atoms with Crippen LogP contribution in [0.3, 0.4) is 0 Å². The van der Waals surface area contributed by atoms with Crippen molar-refractivity contribution in [3.05, 3.63) is 18.1 Å². The predicted octanol–water partition coefficient (Wildman–Crippen LogP) is -0.951. The van der Waals surface area contributed by atoms with E-state index in [1.807, 2.05) is 17.9 Å². The second-order valence-corrected chi connectivity index (χ2v) is 3.83. The summed E-state index contributed by atoms with van der Waals surface area (Å²) in [5, 5.41) is 3.14. The minimum atomic E-state index is -0.331. The average Bonchev–Trinajstić information content (AvgIpc) is 2.29. The van der Waals surface area contributed by atoms with Crippen molar-refractivity contribution in [1.29, 1.82) is 0 Å². The molecule has 1 atom stereocenters. The van der Waals surface area contributed by atoms with Crippen molar-refractivity contribution in [3.63, 3.8) is 0 Å². The van der Waals surface area contributed by atoms with E-state index in [-0.39, 0.29) is 11.9 Å². The fraction of sp³-hybridized carbons (Fsp3) is 0.500. The fourth-order valence-corrected chi connectivity index (χ4v) is 1.83. The van der Waals surface area contributed by atoms with E-state index in [4.69, 9.17) is 5.73 Å². The van der Waals surface area contributed by atoms with Gasteiger partial charge in [0.25, 0.3) is 0 Å². The van der Waals surface area contributed by atoms with E-state index in [2.05, 4.69) is 15.3 Å². The van der Waals surface area contributed by atoms with Crippen LogP contribution in [0.25, 0.3) is 0 Å². The number of amides is 1. The summed E-state index contributed by atoms with van der Waals surface area (Å²) >= 11 is 0. The van der Waals surface area contributed by atoms with Crippen LogP contribution in [-0.2, 0) is 4.79 Å². The normalized spacial score (nSPS) is 20.8. The maximum Gasteiger partial charge on any atom is 0.241 e. The Morgan fingerprint density at radius 2 is 2.44 bits per heavy atom. The highest BCUT2D eigenvalue weighted by Crippen LogP contribution is 2.15. The molecule has 2 heterocycles. The van der Waals surface area contributed by atoms with E-state index in [1.54, 1.807) is 0 Å². The first-order valence-corrected chi connectivity index (χ1v) is 5.24. The molecule has 0 bridgehead atoms. The summed E-state index contributed by atoms with van der Waals surface area (Å²) in [5.41, 5.74) is 6.25. The van der Waals surface area contributed by atoms with Crippen molar-refractivity contribution in [2.24, 2.45) is 5.73 Å². The van der Waals surface area contributed by atoms with Gasteiger partial charge >= 0.3 is 0 Å². The van der Waals surface area contributed by atoms with E-state index < -0.39 is 0 Å². The van der Waals surface area contributed by atoms with E-state index in [0.29, 0.717) is 6.54 Å².